The van der Waals surface area contributed by atoms with E-state index in [1.165, 1.54) is 0 Å². The van der Waals surface area contributed by atoms with Crippen LogP contribution in [0.3, 0.4) is 0 Å². The molecule has 0 saturated carbocycles. The van der Waals surface area contributed by atoms with Gasteiger partial charge in [-0.15, -0.1) is 0 Å². The summed E-state index contributed by atoms with van der Waals surface area (Å²) in [5.74, 6) is 0.280. The molecule has 1 amide bonds. The van der Waals surface area contributed by atoms with Crippen LogP contribution in [0.4, 0.5) is 0 Å². The molecule has 5 heteroatoms. The molecule has 0 spiro atoms. The summed E-state index contributed by atoms with van der Waals surface area (Å²) in [6.45, 7) is 1.73. The summed E-state index contributed by atoms with van der Waals surface area (Å²) in [4.78, 5) is 12.0. The lowest BCUT2D eigenvalue weighted by Crippen LogP contribution is -2.29. The van der Waals surface area contributed by atoms with Gasteiger partial charge in [0.2, 0.25) is 0 Å². The summed E-state index contributed by atoms with van der Waals surface area (Å²) in [5.41, 5.74) is 1.20. The van der Waals surface area contributed by atoms with Gasteiger partial charge in [0.1, 0.15) is 5.76 Å². The molecule has 0 radical (unpaired) electrons. The second-order valence-electron chi connectivity index (χ2n) is 4.27. The number of hydrogen-bond donors (Lipinski definition) is 2. The molecule has 100 valence electrons. The van der Waals surface area contributed by atoms with Crippen molar-refractivity contribution in [2.75, 3.05) is 6.61 Å². The van der Waals surface area contributed by atoms with Crippen molar-refractivity contribution in [1.82, 2.24) is 10.5 Å². The van der Waals surface area contributed by atoms with Gasteiger partial charge >= 0.3 is 0 Å². The molecule has 1 atom stereocenters. The van der Waals surface area contributed by atoms with Crippen LogP contribution < -0.4 is 5.32 Å². The van der Waals surface area contributed by atoms with E-state index in [2.05, 4.69) is 10.5 Å². The number of aliphatic hydroxyl groups is 1. The maximum atomic E-state index is 12.0. The highest BCUT2D eigenvalue weighted by Gasteiger charge is 2.17. The van der Waals surface area contributed by atoms with Crippen molar-refractivity contribution in [3.63, 3.8) is 0 Å². The summed E-state index contributed by atoms with van der Waals surface area (Å²) in [6.07, 6.45) is 0.451. The molecule has 19 heavy (non-hydrogen) atoms. The van der Waals surface area contributed by atoms with Crippen LogP contribution in [-0.4, -0.2) is 22.8 Å². The van der Waals surface area contributed by atoms with E-state index in [0.29, 0.717) is 12.2 Å². The maximum absolute atomic E-state index is 12.0. The molecule has 1 heterocycles. The van der Waals surface area contributed by atoms with Gasteiger partial charge in [-0.25, -0.2) is 0 Å². The summed E-state index contributed by atoms with van der Waals surface area (Å²) in [6, 6.07) is 10.9. The predicted octanol–water partition coefficient (Wildman–Crippen LogP) is 1.84. The molecular weight excluding hydrogens is 244 g/mol. The molecule has 0 aliphatic rings. The Labute approximate surface area is 111 Å². The molecule has 2 N–H and O–H groups in total. The molecule has 1 aromatic carbocycles. The van der Waals surface area contributed by atoms with Gasteiger partial charge in [0.25, 0.3) is 5.91 Å². The van der Waals surface area contributed by atoms with Crippen molar-refractivity contribution in [1.29, 1.82) is 0 Å². The molecular formula is C14H16N2O3. The number of nitrogens with zero attached hydrogens (tertiary/aromatic N) is 1. The molecule has 0 saturated heterocycles. The van der Waals surface area contributed by atoms with Crippen molar-refractivity contribution in [2.24, 2.45) is 0 Å². The SMILES string of the molecule is Cc1cc(C(=O)NC(CCO)c2ccccc2)no1. The monoisotopic (exact) mass is 260 g/mol. The van der Waals surface area contributed by atoms with Crippen LogP contribution in [0, 0.1) is 6.92 Å². The Morgan fingerprint density at radius 3 is 2.74 bits per heavy atom. The quantitative estimate of drug-likeness (QED) is 0.860. The second kappa shape index (κ2) is 6.15. The zero-order valence-corrected chi connectivity index (χ0v) is 10.7. The minimum Gasteiger partial charge on any atom is -0.396 e. The average molecular weight is 260 g/mol. The lowest BCUT2D eigenvalue weighted by Gasteiger charge is -2.17. The summed E-state index contributed by atoms with van der Waals surface area (Å²) < 4.78 is 4.87. The lowest BCUT2D eigenvalue weighted by atomic mass is 10.0. The minimum absolute atomic E-state index is 0.00230. The van der Waals surface area contributed by atoms with E-state index in [-0.39, 0.29) is 24.2 Å². The second-order valence-corrected chi connectivity index (χ2v) is 4.27. The Bertz CT molecular complexity index is 537. The van der Waals surface area contributed by atoms with Crippen LogP contribution in [0.15, 0.2) is 40.9 Å². The summed E-state index contributed by atoms with van der Waals surface area (Å²) >= 11 is 0. The molecule has 1 aromatic heterocycles. The largest absolute Gasteiger partial charge is 0.396 e. The Morgan fingerprint density at radius 1 is 1.42 bits per heavy atom. The molecule has 0 aliphatic carbocycles. The number of nitrogens with one attached hydrogen (secondary N) is 1. The van der Waals surface area contributed by atoms with E-state index in [9.17, 15) is 4.79 Å². The van der Waals surface area contributed by atoms with Gasteiger partial charge in [-0.3, -0.25) is 4.79 Å². The van der Waals surface area contributed by atoms with Crippen LogP contribution in [0.25, 0.3) is 0 Å². The zero-order chi connectivity index (χ0) is 13.7. The molecule has 5 nitrogen and oxygen atoms in total. The van der Waals surface area contributed by atoms with E-state index in [4.69, 9.17) is 9.63 Å². The Kier molecular flexibility index (Phi) is 4.30. The van der Waals surface area contributed by atoms with Gasteiger partial charge < -0.3 is 14.9 Å². The van der Waals surface area contributed by atoms with Crippen LogP contribution in [0.1, 0.15) is 34.3 Å². The predicted molar refractivity (Wildman–Crippen MR) is 69.6 cm³/mol. The molecule has 1 unspecified atom stereocenters. The van der Waals surface area contributed by atoms with Crippen LogP contribution >= 0.6 is 0 Å². The fraction of sp³-hybridized carbons (Fsp3) is 0.286. The smallest absolute Gasteiger partial charge is 0.273 e. The topological polar surface area (TPSA) is 75.4 Å². The zero-order valence-electron chi connectivity index (χ0n) is 10.7. The highest BCUT2D eigenvalue weighted by molar-refractivity contribution is 5.92. The van der Waals surface area contributed by atoms with Gasteiger partial charge in [0.05, 0.1) is 6.04 Å². The van der Waals surface area contributed by atoms with Gasteiger partial charge in [-0.05, 0) is 18.9 Å². The van der Waals surface area contributed by atoms with E-state index >= 15 is 0 Å². The fourth-order valence-electron chi connectivity index (χ4n) is 1.84. The van der Waals surface area contributed by atoms with E-state index in [1.807, 2.05) is 30.3 Å². The maximum Gasteiger partial charge on any atom is 0.273 e. The number of carbonyl (C=O) groups excluding carboxylic acids is 1. The number of aromatic nitrogens is 1. The standard InChI is InChI=1S/C14H16N2O3/c1-10-9-13(16-19-10)14(18)15-12(7-8-17)11-5-3-2-4-6-11/h2-6,9,12,17H,7-8H2,1H3,(H,15,18). The number of amides is 1. The number of aryl methyl sites for hydroxylation is 1. The highest BCUT2D eigenvalue weighted by atomic mass is 16.5. The van der Waals surface area contributed by atoms with Gasteiger partial charge in [-0.2, -0.15) is 0 Å². The first-order valence-electron chi connectivity index (χ1n) is 6.10. The van der Waals surface area contributed by atoms with Gasteiger partial charge in [-0.1, -0.05) is 35.5 Å². The molecule has 0 aliphatic heterocycles. The molecule has 0 fully saturated rings. The van der Waals surface area contributed by atoms with Crippen molar-refractivity contribution in [3.8, 4) is 0 Å². The Balaban J connectivity index is 2.11. The van der Waals surface area contributed by atoms with Gasteiger partial charge in [0.15, 0.2) is 5.69 Å². The summed E-state index contributed by atoms with van der Waals surface area (Å²) in [7, 11) is 0. The first-order valence-corrected chi connectivity index (χ1v) is 6.10. The average Bonchev–Trinajstić information content (AvgIpc) is 2.86. The molecule has 2 rings (SSSR count). The number of benzene rings is 1. The summed E-state index contributed by atoms with van der Waals surface area (Å²) in [5, 5.41) is 15.6. The number of hydrogen-bond acceptors (Lipinski definition) is 4. The highest BCUT2D eigenvalue weighted by Crippen LogP contribution is 2.16. The van der Waals surface area contributed by atoms with Crippen LogP contribution in [-0.2, 0) is 0 Å². The molecule has 2 aromatic rings. The normalized spacial score (nSPS) is 12.1. The Morgan fingerprint density at radius 2 is 2.16 bits per heavy atom. The lowest BCUT2D eigenvalue weighted by molar-refractivity contribution is 0.0921. The number of aliphatic hydroxyl groups excluding tert-OH is 1. The van der Waals surface area contributed by atoms with Crippen molar-refractivity contribution >= 4 is 5.91 Å². The minimum atomic E-state index is -0.306. The van der Waals surface area contributed by atoms with Crippen molar-refractivity contribution < 1.29 is 14.4 Å². The number of carbonyl (C=O) groups is 1. The van der Waals surface area contributed by atoms with Gasteiger partial charge in [0, 0.05) is 12.7 Å². The van der Waals surface area contributed by atoms with E-state index < -0.39 is 0 Å². The van der Waals surface area contributed by atoms with Crippen LogP contribution in [0.5, 0.6) is 0 Å². The first-order chi connectivity index (χ1) is 9.20. The van der Waals surface area contributed by atoms with E-state index in [1.54, 1.807) is 13.0 Å². The Hall–Kier alpha value is -2.14. The first kappa shape index (κ1) is 13.3. The third-order valence-corrected chi connectivity index (χ3v) is 2.79. The number of rotatable bonds is 5. The molecule has 0 bridgehead atoms. The van der Waals surface area contributed by atoms with Crippen LogP contribution in [0.2, 0.25) is 0 Å². The van der Waals surface area contributed by atoms with Crippen molar-refractivity contribution in [2.45, 2.75) is 19.4 Å². The third kappa shape index (κ3) is 3.42. The fourth-order valence-corrected chi connectivity index (χ4v) is 1.84. The van der Waals surface area contributed by atoms with Crippen molar-refractivity contribution in [3.05, 3.63) is 53.4 Å². The third-order valence-electron chi connectivity index (χ3n) is 2.79. The van der Waals surface area contributed by atoms with E-state index in [0.717, 1.165) is 5.56 Å².